The van der Waals surface area contributed by atoms with Gasteiger partial charge in [-0.25, -0.2) is 4.79 Å². The molecule has 0 aliphatic carbocycles. The number of hydrogen-bond acceptors (Lipinski definition) is 2. The summed E-state index contributed by atoms with van der Waals surface area (Å²) in [6.07, 6.45) is 6.17. The van der Waals surface area contributed by atoms with Crippen LogP contribution in [0, 0.1) is 5.92 Å². The molecule has 1 atom stereocenters. The maximum absolute atomic E-state index is 11.4. The third-order valence-electron chi connectivity index (χ3n) is 2.52. The molecule has 0 saturated carbocycles. The molecular weight excluding hydrogens is 192 g/mol. The zero-order valence-corrected chi connectivity index (χ0v) is 9.71. The van der Waals surface area contributed by atoms with Crippen LogP contribution in [-0.2, 0) is 4.79 Å². The van der Waals surface area contributed by atoms with E-state index in [2.05, 4.69) is 12.2 Å². The van der Waals surface area contributed by atoms with Crippen molar-refractivity contribution in [2.75, 3.05) is 0 Å². The highest BCUT2D eigenvalue weighted by molar-refractivity contribution is 5.94. The van der Waals surface area contributed by atoms with Crippen molar-refractivity contribution in [1.29, 1.82) is 0 Å². The van der Waals surface area contributed by atoms with Gasteiger partial charge >= 0.3 is 6.03 Å². The van der Waals surface area contributed by atoms with Gasteiger partial charge < -0.3 is 5.73 Å². The Bertz CT molecular complexity index is 205. The first-order valence-corrected chi connectivity index (χ1v) is 5.72. The number of carbonyl (C=O) groups excluding carboxylic acids is 2. The number of amides is 3. The number of imide groups is 1. The maximum Gasteiger partial charge on any atom is 0.318 e. The van der Waals surface area contributed by atoms with Gasteiger partial charge in [-0.2, -0.15) is 0 Å². The fraction of sp³-hybridized carbons (Fsp3) is 0.818. The first kappa shape index (κ1) is 13.9. The molecule has 0 spiro atoms. The molecule has 0 aromatic carbocycles. The van der Waals surface area contributed by atoms with Crippen LogP contribution in [0.5, 0.6) is 0 Å². The Morgan fingerprint density at radius 3 is 2.33 bits per heavy atom. The minimum absolute atomic E-state index is 0.0747. The Kier molecular flexibility index (Phi) is 7.68. The van der Waals surface area contributed by atoms with Gasteiger partial charge in [0.05, 0.1) is 0 Å². The third-order valence-corrected chi connectivity index (χ3v) is 2.52. The summed E-state index contributed by atoms with van der Waals surface area (Å²) < 4.78 is 0. The quantitative estimate of drug-likeness (QED) is 0.637. The highest BCUT2D eigenvalue weighted by atomic mass is 16.2. The first-order valence-electron chi connectivity index (χ1n) is 5.72. The minimum Gasteiger partial charge on any atom is -0.351 e. The van der Waals surface area contributed by atoms with Crippen LogP contribution in [0.15, 0.2) is 0 Å². The van der Waals surface area contributed by atoms with E-state index in [1.807, 2.05) is 6.92 Å². The molecule has 3 N–H and O–H groups in total. The molecule has 0 aromatic heterocycles. The Balaban J connectivity index is 3.80. The van der Waals surface area contributed by atoms with E-state index in [1.54, 1.807) is 0 Å². The van der Waals surface area contributed by atoms with Crippen molar-refractivity contribution in [2.24, 2.45) is 11.7 Å². The molecule has 0 aliphatic heterocycles. The SMILES string of the molecule is CCCCCCC(CC)C(=O)NC(N)=O. The van der Waals surface area contributed by atoms with Gasteiger partial charge in [-0.3, -0.25) is 10.1 Å². The van der Waals surface area contributed by atoms with Gasteiger partial charge in [0.2, 0.25) is 5.91 Å². The number of primary amides is 1. The molecule has 4 nitrogen and oxygen atoms in total. The van der Waals surface area contributed by atoms with Crippen molar-refractivity contribution < 1.29 is 9.59 Å². The highest BCUT2D eigenvalue weighted by Crippen LogP contribution is 2.14. The predicted molar refractivity (Wildman–Crippen MR) is 60.3 cm³/mol. The predicted octanol–water partition coefficient (Wildman–Crippen LogP) is 2.18. The molecule has 3 amide bonds. The number of nitrogens with two attached hydrogens (primary N) is 1. The van der Waals surface area contributed by atoms with Crippen LogP contribution >= 0.6 is 0 Å². The summed E-state index contributed by atoms with van der Waals surface area (Å²) in [5.74, 6) is -0.309. The number of unbranched alkanes of at least 4 members (excludes halogenated alkanes) is 3. The third kappa shape index (κ3) is 6.94. The summed E-state index contributed by atoms with van der Waals surface area (Å²) in [5.41, 5.74) is 4.89. The van der Waals surface area contributed by atoms with Crippen LogP contribution in [0.2, 0.25) is 0 Å². The Hall–Kier alpha value is -1.06. The Labute approximate surface area is 91.6 Å². The van der Waals surface area contributed by atoms with Crippen LogP contribution in [0.1, 0.15) is 52.4 Å². The topological polar surface area (TPSA) is 72.2 Å². The van der Waals surface area contributed by atoms with Gasteiger partial charge in [0.25, 0.3) is 0 Å². The van der Waals surface area contributed by atoms with Crippen molar-refractivity contribution >= 4 is 11.9 Å². The van der Waals surface area contributed by atoms with E-state index in [0.29, 0.717) is 0 Å². The van der Waals surface area contributed by atoms with E-state index >= 15 is 0 Å². The van der Waals surface area contributed by atoms with Gasteiger partial charge in [0, 0.05) is 5.92 Å². The smallest absolute Gasteiger partial charge is 0.318 e. The van der Waals surface area contributed by atoms with Gasteiger partial charge in [0.15, 0.2) is 0 Å². The van der Waals surface area contributed by atoms with E-state index in [9.17, 15) is 9.59 Å². The van der Waals surface area contributed by atoms with Crippen LogP contribution in [0.3, 0.4) is 0 Å². The summed E-state index contributed by atoms with van der Waals surface area (Å²) >= 11 is 0. The fourth-order valence-corrected chi connectivity index (χ4v) is 1.56. The van der Waals surface area contributed by atoms with E-state index in [4.69, 9.17) is 5.73 Å². The van der Waals surface area contributed by atoms with Crippen molar-refractivity contribution in [2.45, 2.75) is 52.4 Å². The standard InChI is InChI=1S/C11H22N2O2/c1-3-5-6-7-8-9(4-2)10(14)13-11(12)15/h9H,3-8H2,1-2H3,(H3,12,13,14,15). The van der Waals surface area contributed by atoms with Gasteiger partial charge in [-0.15, -0.1) is 0 Å². The summed E-state index contributed by atoms with van der Waals surface area (Å²) in [6.45, 7) is 4.10. The lowest BCUT2D eigenvalue weighted by Gasteiger charge is -2.12. The molecule has 4 heteroatoms. The summed E-state index contributed by atoms with van der Waals surface area (Å²) in [4.78, 5) is 21.9. The lowest BCUT2D eigenvalue weighted by atomic mass is 9.97. The molecule has 0 fully saturated rings. The van der Waals surface area contributed by atoms with Crippen LogP contribution in [0.4, 0.5) is 4.79 Å². The number of nitrogens with one attached hydrogen (secondary N) is 1. The normalized spacial score (nSPS) is 12.1. The summed E-state index contributed by atoms with van der Waals surface area (Å²) in [7, 11) is 0. The van der Waals surface area contributed by atoms with Gasteiger partial charge in [-0.1, -0.05) is 39.5 Å². The molecular formula is C11H22N2O2. The van der Waals surface area contributed by atoms with Crippen molar-refractivity contribution in [1.82, 2.24) is 5.32 Å². The highest BCUT2D eigenvalue weighted by Gasteiger charge is 2.16. The molecule has 15 heavy (non-hydrogen) atoms. The van der Waals surface area contributed by atoms with E-state index in [0.717, 1.165) is 25.7 Å². The van der Waals surface area contributed by atoms with Crippen LogP contribution in [-0.4, -0.2) is 11.9 Å². The van der Waals surface area contributed by atoms with Gasteiger partial charge in [0.1, 0.15) is 0 Å². The van der Waals surface area contributed by atoms with E-state index in [-0.39, 0.29) is 11.8 Å². The summed E-state index contributed by atoms with van der Waals surface area (Å²) in [5, 5.41) is 2.13. The number of carbonyl (C=O) groups is 2. The molecule has 0 aromatic rings. The number of hydrogen-bond donors (Lipinski definition) is 2. The Morgan fingerprint density at radius 1 is 1.20 bits per heavy atom. The van der Waals surface area contributed by atoms with Crippen molar-refractivity contribution in [3.05, 3.63) is 0 Å². The van der Waals surface area contributed by atoms with E-state index < -0.39 is 6.03 Å². The second-order valence-electron chi connectivity index (χ2n) is 3.81. The molecule has 0 bridgehead atoms. The molecule has 0 aliphatic rings. The molecule has 1 unspecified atom stereocenters. The fourth-order valence-electron chi connectivity index (χ4n) is 1.56. The van der Waals surface area contributed by atoms with Crippen molar-refractivity contribution in [3.8, 4) is 0 Å². The van der Waals surface area contributed by atoms with E-state index in [1.165, 1.54) is 12.8 Å². The zero-order valence-electron chi connectivity index (χ0n) is 9.71. The lowest BCUT2D eigenvalue weighted by molar-refractivity contribution is -0.124. The Morgan fingerprint density at radius 2 is 1.87 bits per heavy atom. The van der Waals surface area contributed by atoms with Gasteiger partial charge in [-0.05, 0) is 12.8 Å². The summed E-state index contributed by atoms with van der Waals surface area (Å²) in [6, 6.07) is -0.757. The molecule has 0 radical (unpaired) electrons. The van der Waals surface area contributed by atoms with Crippen molar-refractivity contribution in [3.63, 3.8) is 0 Å². The molecule has 88 valence electrons. The van der Waals surface area contributed by atoms with Crippen LogP contribution < -0.4 is 11.1 Å². The zero-order chi connectivity index (χ0) is 11.7. The minimum atomic E-state index is -0.757. The average Bonchev–Trinajstić information content (AvgIpc) is 2.16. The largest absolute Gasteiger partial charge is 0.351 e. The van der Waals surface area contributed by atoms with Crippen LogP contribution in [0.25, 0.3) is 0 Å². The first-order chi connectivity index (χ1) is 7.11. The molecule has 0 rings (SSSR count). The monoisotopic (exact) mass is 214 g/mol. The number of rotatable bonds is 7. The molecule has 0 saturated heterocycles. The second kappa shape index (κ2) is 8.26. The second-order valence-corrected chi connectivity index (χ2v) is 3.81. The number of urea groups is 1. The lowest BCUT2D eigenvalue weighted by Crippen LogP contribution is -2.39. The maximum atomic E-state index is 11.4. The molecule has 0 heterocycles. The average molecular weight is 214 g/mol.